The van der Waals surface area contributed by atoms with E-state index in [1.54, 1.807) is 69.7 Å². The van der Waals surface area contributed by atoms with E-state index < -0.39 is 16.0 Å². The molecule has 0 bridgehead atoms. The summed E-state index contributed by atoms with van der Waals surface area (Å²) in [4.78, 5) is 23.9. The van der Waals surface area contributed by atoms with Crippen molar-refractivity contribution in [1.29, 1.82) is 5.26 Å². The summed E-state index contributed by atoms with van der Waals surface area (Å²) in [5, 5.41) is 58.4. The number of nitrogens with one attached hydrogen (secondary N) is 1. The van der Waals surface area contributed by atoms with Crippen molar-refractivity contribution in [2.75, 3.05) is 12.0 Å². The second-order valence-electron chi connectivity index (χ2n) is 27.7. The summed E-state index contributed by atoms with van der Waals surface area (Å²) in [5.74, 6) is 2.30. The van der Waals surface area contributed by atoms with Gasteiger partial charge < -0.3 is 28.3 Å². The number of fused-ring (bicyclic) bond motifs is 1. The lowest BCUT2D eigenvalue weighted by Gasteiger charge is -2.32. The number of carbonyl (C=O) groups is 1. The number of methoxy groups -OCH3 is 1. The Bertz CT molecular complexity index is 5570. The van der Waals surface area contributed by atoms with Gasteiger partial charge in [0.25, 0.3) is 10.0 Å². The van der Waals surface area contributed by atoms with Crippen LogP contribution in [0.5, 0.6) is 0 Å². The third kappa shape index (κ3) is 21.1. The number of ether oxygens (including phenoxy) is 1. The molecule has 114 heavy (non-hydrogen) atoms. The normalized spacial score (nSPS) is 14.1. The highest BCUT2D eigenvalue weighted by molar-refractivity contribution is 14.1. The lowest BCUT2D eigenvalue weighted by atomic mass is 9.78. The minimum Gasteiger partial charge on any atom is -0.465 e. The monoisotopic (exact) mass is 1850 g/mol. The summed E-state index contributed by atoms with van der Waals surface area (Å²) in [6.07, 6.45) is 1.46. The predicted octanol–water partition coefficient (Wildman–Crippen LogP) is 13.8. The topological polar surface area (TPSA) is 327 Å². The van der Waals surface area contributed by atoms with Gasteiger partial charge in [-0.2, -0.15) is 24.9 Å². The van der Waals surface area contributed by atoms with E-state index in [4.69, 9.17) is 28.6 Å². The number of esters is 1. The van der Waals surface area contributed by atoms with Crippen LogP contribution in [0.2, 0.25) is 0 Å². The third-order valence-electron chi connectivity index (χ3n) is 18.5. The first-order valence-corrected chi connectivity index (χ1v) is 40.3. The van der Waals surface area contributed by atoms with E-state index in [-0.39, 0.29) is 47.1 Å². The maximum Gasteiger partial charge on any atom is 0.494 e. The lowest BCUT2D eigenvalue weighted by Crippen LogP contribution is -2.41. The average Bonchev–Trinajstić information content (AvgIpc) is 1.56. The zero-order valence-corrected chi connectivity index (χ0v) is 71.8. The van der Waals surface area contributed by atoms with E-state index in [1.807, 2.05) is 259 Å². The number of hydrogen-bond donors (Lipinski definition) is 1. The van der Waals surface area contributed by atoms with Crippen molar-refractivity contribution in [2.24, 2.45) is 21.1 Å². The van der Waals surface area contributed by atoms with Crippen LogP contribution < -0.4 is 15.8 Å². The molecule has 14 aromatic rings. The molecule has 0 amide bonds. The molecule has 0 aliphatic carbocycles. The fourth-order valence-electron chi connectivity index (χ4n) is 11.3. The molecule has 2 saturated heterocycles. The van der Waals surface area contributed by atoms with Gasteiger partial charge in [0.15, 0.2) is 5.82 Å². The summed E-state index contributed by atoms with van der Waals surface area (Å²) in [6.45, 7) is 17.3. The molecule has 28 nitrogen and oxygen atoms in total. The molecule has 0 saturated carbocycles. The number of rotatable bonds is 14. The molecule has 16 rings (SSSR count). The van der Waals surface area contributed by atoms with Crippen LogP contribution in [0.15, 0.2) is 243 Å². The number of hydrogen-bond acceptors (Lipinski definition) is 23. The molecule has 2 aliphatic heterocycles. The van der Waals surface area contributed by atoms with E-state index in [0.717, 1.165) is 57.7 Å². The van der Waals surface area contributed by atoms with Crippen molar-refractivity contribution >= 4 is 128 Å². The minimum absolute atomic E-state index is 0.141. The molecule has 35 heteroatoms. The molecular weight excluding hydrogens is 1780 g/mol. The molecule has 8 aromatic carbocycles. The van der Waals surface area contributed by atoms with Crippen molar-refractivity contribution < 1.29 is 36.6 Å². The summed E-state index contributed by atoms with van der Waals surface area (Å²) < 4.78 is 61.9. The van der Waals surface area contributed by atoms with Crippen molar-refractivity contribution in [3.63, 3.8) is 0 Å². The number of halogens is 4. The molecule has 0 radical (unpaired) electrons. The fraction of sp³-hybridized carbons (Fsp3) is 0.228. The molecule has 8 heterocycles. The van der Waals surface area contributed by atoms with Crippen LogP contribution in [-0.4, -0.2) is 148 Å². The maximum atomic E-state index is 14.0. The Kier molecular flexibility index (Phi) is 27.6. The number of aromatic nitrogens is 18. The summed E-state index contributed by atoms with van der Waals surface area (Å²) >= 11 is 12.0. The van der Waals surface area contributed by atoms with E-state index in [9.17, 15) is 13.2 Å². The van der Waals surface area contributed by atoms with Crippen molar-refractivity contribution in [3.05, 3.63) is 264 Å². The van der Waals surface area contributed by atoms with E-state index in [0.29, 0.717) is 62.4 Å². The third-order valence-corrected chi connectivity index (χ3v) is 22.8. The van der Waals surface area contributed by atoms with Crippen LogP contribution in [0.25, 0.3) is 56.5 Å². The van der Waals surface area contributed by atoms with Gasteiger partial charge in [0, 0.05) is 60.3 Å². The number of nitrogens with zero attached hydrogens (tertiary/aromatic N) is 19. The Balaban J connectivity index is 0.000000145. The molecular formula is C79H78B2Br3IN20O8S. The first-order chi connectivity index (χ1) is 54.4. The number of benzene rings is 8. The van der Waals surface area contributed by atoms with Crippen LogP contribution in [0.1, 0.15) is 82.4 Å². The highest BCUT2D eigenvalue weighted by atomic mass is 127. The highest BCUT2D eigenvalue weighted by Crippen LogP contribution is 2.40. The van der Waals surface area contributed by atoms with Crippen LogP contribution in [0, 0.1) is 15.0 Å². The smallest absolute Gasteiger partial charge is 0.465 e. The van der Waals surface area contributed by atoms with Gasteiger partial charge in [-0.3, -0.25) is 0 Å². The second-order valence-corrected chi connectivity index (χ2v) is 33.4. The largest absolute Gasteiger partial charge is 0.494 e. The van der Waals surface area contributed by atoms with E-state index in [2.05, 4.69) is 120 Å². The van der Waals surface area contributed by atoms with Gasteiger partial charge in [0.05, 0.1) is 76.4 Å². The quantitative estimate of drug-likeness (QED) is 0.0600. The molecule has 0 spiro atoms. The van der Waals surface area contributed by atoms with E-state index in [1.165, 1.54) is 31.7 Å². The van der Waals surface area contributed by atoms with Crippen LogP contribution >= 0.6 is 70.4 Å². The number of nitriles is 1. The number of aromatic amines is 1. The zero-order valence-electron chi connectivity index (χ0n) is 64.1. The Morgan fingerprint density at radius 3 is 1.32 bits per heavy atom. The highest BCUT2D eigenvalue weighted by Gasteiger charge is 2.53. The van der Waals surface area contributed by atoms with Gasteiger partial charge in [0.2, 0.25) is 23.3 Å². The van der Waals surface area contributed by atoms with Crippen LogP contribution in [0.4, 0.5) is 5.82 Å². The maximum absolute atomic E-state index is 14.0. The van der Waals surface area contributed by atoms with Gasteiger partial charge in [-0.05, 0) is 182 Å². The Morgan fingerprint density at radius 2 is 0.939 bits per heavy atom. The number of pyridine rings is 1. The van der Waals surface area contributed by atoms with Crippen molar-refractivity contribution in [1.82, 2.24) is 90.2 Å². The van der Waals surface area contributed by atoms with Gasteiger partial charge in [0.1, 0.15) is 5.52 Å². The molecule has 1 N–H and O–H groups in total. The van der Waals surface area contributed by atoms with Crippen LogP contribution in [0.3, 0.4) is 0 Å². The standard InChI is InChI=1S/C29H24IN3O4S.2C14H19BN4O2.C8H7BrN4.C7H5BrN4.C7H4BrN/c1-37-29(34)25-18-31-28(32(19-21-11-5-2-6-12-21)20-22-13-7-3-8-14-22)27-24(25)17-26(30)33(27)38(35,36)23-15-9-4-10-16-23;2*1-13(2)14(3,4)21-15(20-13)11-8-6-7-10(9-11)12-16-18-19(5)17-12;1-13-11-8(10-12-13)6-3-2-4-7(9)5-6;8-6-3-1-2-5(4-6)7-9-11-12-10-7;8-7-3-1-2-6(4-7)5-9/h2-18H,19-20H2,1H3;2*6-9H,1-5H3;2-5H,1H3;1-4H,(H,9,10,11,12);1-4H. The number of carbonyl (C=O) groups excluding carboxylic acids is 1. The Hall–Kier alpha value is -10.4. The fourth-order valence-corrected chi connectivity index (χ4v) is 15.2. The van der Waals surface area contributed by atoms with Gasteiger partial charge in [-0.25, -0.2) is 22.2 Å². The molecule has 0 unspecified atom stereocenters. The summed E-state index contributed by atoms with van der Waals surface area (Å²) in [5.41, 5.74) is 7.50. The van der Waals surface area contributed by atoms with Gasteiger partial charge in [-0.15, -0.1) is 40.8 Å². The first kappa shape index (κ1) is 84.5. The van der Waals surface area contributed by atoms with Crippen molar-refractivity contribution in [2.45, 2.75) is 95.8 Å². The molecule has 2 aliphatic rings. The molecule has 0 atom stereocenters. The summed E-state index contributed by atoms with van der Waals surface area (Å²) in [6, 6.07) is 70.3. The van der Waals surface area contributed by atoms with Crippen LogP contribution in [-0.2, 0) is 67.6 Å². The predicted molar refractivity (Wildman–Crippen MR) is 454 cm³/mol. The number of tetrazole rings is 4. The van der Waals surface area contributed by atoms with Gasteiger partial charge in [-0.1, -0.05) is 206 Å². The molecule has 6 aromatic heterocycles. The average molecular weight is 1860 g/mol. The number of aryl methyl sites for hydroxylation is 3. The zero-order chi connectivity index (χ0) is 81.5. The van der Waals surface area contributed by atoms with Gasteiger partial charge >= 0.3 is 20.2 Å². The Labute approximate surface area is 699 Å². The number of anilines is 1. The Morgan fingerprint density at radius 1 is 0.535 bits per heavy atom. The second kappa shape index (κ2) is 37.2. The minimum atomic E-state index is -4.01. The summed E-state index contributed by atoms with van der Waals surface area (Å²) in [7, 11) is 1.75. The number of H-pyrrole nitrogens is 1. The SMILES string of the molecule is Brc1cccc(-c2nn[nH]n2)c1.COC(=O)c1cnc(N(Cc2ccccc2)Cc2ccccc2)c2c1cc(I)n2S(=O)(=O)c1ccccc1.Cn1nnc(-c2cccc(B3OC(C)(C)C(C)(C)O3)c2)n1.Cn1nnc(-c2cccc(B3OC(C)(C)C(C)(C)O3)c2)n1.Cn1nnc(-c2cccc(Br)c2)n1.N#Cc1cccc(Br)c1. The molecule has 2 fully saturated rings. The first-order valence-electron chi connectivity index (χ1n) is 35.4. The lowest BCUT2D eigenvalue weighted by molar-refractivity contribution is 0.00578. The molecule has 582 valence electrons. The van der Waals surface area contributed by atoms with E-state index >= 15 is 0 Å². The van der Waals surface area contributed by atoms with Crippen molar-refractivity contribution in [3.8, 4) is 51.6 Å².